The summed E-state index contributed by atoms with van der Waals surface area (Å²) in [6, 6.07) is 11.6. The van der Waals surface area contributed by atoms with Crippen molar-refractivity contribution < 1.29 is 27.5 Å². The minimum Gasteiger partial charge on any atom is -0.436 e. The number of likely N-dealkylation sites (tertiary alicyclic amines) is 1. The maximum atomic E-state index is 14.0. The molecular formula is C35H42ClF3N8O4. The number of aromatic nitrogens is 3. The Bertz CT molecular complexity index is 1780. The Morgan fingerprint density at radius 1 is 0.961 bits per heavy atom. The standard InChI is InChI=1S/C35H42ClF3N8O4/c36-27-19-22(18-26(30(27)40)35(37,38)39)20-29(32(48)45-16-14-44(15-17-45)28-21-43-10-6-23(28)7-11-43)51-34(50)46-12-8-25(9-13-46)47-33(49)41-31(42-47)24-4-2-1-3-5-24/h1-5,18-19,23,25,28-29H,6-17,20-21,40H2,(H,41,42,49). The average Bonchev–Trinajstić information content (AvgIpc) is 3.54. The van der Waals surface area contributed by atoms with E-state index in [4.69, 9.17) is 22.1 Å². The molecular weight excluding hydrogens is 689 g/mol. The largest absolute Gasteiger partial charge is 0.436 e. The van der Waals surface area contributed by atoms with E-state index in [0.29, 0.717) is 56.8 Å². The van der Waals surface area contributed by atoms with Crippen LogP contribution >= 0.6 is 11.6 Å². The molecule has 2 unspecified atom stereocenters. The van der Waals surface area contributed by atoms with E-state index < -0.39 is 35.5 Å². The lowest BCUT2D eigenvalue weighted by molar-refractivity contribution is -0.143. The molecule has 5 aliphatic heterocycles. The number of alkyl halides is 3. The van der Waals surface area contributed by atoms with Gasteiger partial charge < -0.3 is 25.2 Å². The summed E-state index contributed by atoms with van der Waals surface area (Å²) in [6.45, 7) is 5.92. The van der Waals surface area contributed by atoms with Crippen LogP contribution < -0.4 is 11.4 Å². The fraction of sp³-hybridized carbons (Fsp3) is 0.543. The Balaban J connectivity index is 1.04. The molecule has 2 amide bonds. The van der Waals surface area contributed by atoms with Crippen molar-refractivity contribution in [2.24, 2.45) is 5.92 Å². The van der Waals surface area contributed by atoms with Crippen LogP contribution in [0, 0.1) is 5.92 Å². The molecule has 2 atom stereocenters. The number of nitrogen functional groups attached to an aromatic ring is 1. The summed E-state index contributed by atoms with van der Waals surface area (Å²) in [4.78, 5) is 51.2. The van der Waals surface area contributed by atoms with Crippen molar-refractivity contribution in [2.45, 2.75) is 56.5 Å². The Morgan fingerprint density at radius 3 is 2.27 bits per heavy atom. The van der Waals surface area contributed by atoms with Crippen LogP contribution in [-0.4, -0.2) is 117 Å². The fourth-order valence-electron chi connectivity index (χ4n) is 8.04. The minimum atomic E-state index is -4.77. The van der Waals surface area contributed by atoms with Crippen LogP contribution in [0.25, 0.3) is 11.4 Å². The van der Waals surface area contributed by atoms with Crippen molar-refractivity contribution in [2.75, 3.05) is 64.6 Å². The predicted molar refractivity (Wildman–Crippen MR) is 184 cm³/mol. The van der Waals surface area contributed by atoms with Gasteiger partial charge in [-0.1, -0.05) is 41.9 Å². The lowest BCUT2D eigenvalue weighted by Crippen LogP contribution is -2.62. The van der Waals surface area contributed by atoms with Gasteiger partial charge in [-0.3, -0.25) is 14.7 Å². The second-order valence-electron chi connectivity index (χ2n) is 14.0. The van der Waals surface area contributed by atoms with Crippen molar-refractivity contribution in [3.8, 4) is 11.4 Å². The number of rotatable bonds is 7. The molecule has 0 radical (unpaired) electrons. The highest BCUT2D eigenvalue weighted by atomic mass is 35.5. The number of ether oxygens (including phenoxy) is 1. The first-order valence-electron chi connectivity index (χ1n) is 17.5. The number of benzene rings is 2. The van der Waals surface area contributed by atoms with Gasteiger partial charge in [-0.25, -0.2) is 14.3 Å². The summed E-state index contributed by atoms with van der Waals surface area (Å²) >= 11 is 6.12. The number of carbonyl (C=O) groups excluding carboxylic acids is 2. The molecule has 0 spiro atoms. The first-order chi connectivity index (χ1) is 24.4. The van der Waals surface area contributed by atoms with Crippen LogP contribution in [-0.2, 0) is 22.1 Å². The van der Waals surface area contributed by atoms with Crippen molar-refractivity contribution in [1.82, 2.24) is 34.4 Å². The number of nitrogens with zero attached hydrogens (tertiary/aromatic N) is 6. The molecule has 0 aliphatic carbocycles. The Kier molecular flexibility index (Phi) is 10.0. The van der Waals surface area contributed by atoms with Gasteiger partial charge in [0.1, 0.15) is 0 Å². The molecule has 2 bridgehead atoms. The van der Waals surface area contributed by atoms with Gasteiger partial charge >= 0.3 is 18.0 Å². The quantitative estimate of drug-likeness (QED) is 0.347. The molecule has 5 saturated heterocycles. The smallest absolute Gasteiger partial charge is 0.418 e. The highest BCUT2D eigenvalue weighted by Crippen LogP contribution is 2.38. The zero-order chi connectivity index (χ0) is 35.9. The maximum Gasteiger partial charge on any atom is 0.418 e. The zero-order valence-electron chi connectivity index (χ0n) is 28.2. The van der Waals surface area contributed by atoms with Gasteiger partial charge in [0.2, 0.25) is 0 Å². The molecule has 1 aromatic heterocycles. The number of piperidine rings is 4. The van der Waals surface area contributed by atoms with E-state index in [1.165, 1.54) is 28.5 Å². The van der Waals surface area contributed by atoms with Gasteiger partial charge in [-0.15, -0.1) is 5.10 Å². The van der Waals surface area contributed by atoms with Crippen molar-refractivity contribution >= 4 is 29.3 Å². The number of halogens is 4. The van der Waals surface area contributed by atoms with Crippen LogP contribution in [0.4, 0.5) is 23.7 Å². The van der Waals surface area contributed by atoms with E-state index in [1.54, 1.807) is 4.90 Å². The van der Waals surface area contributed by atoms with Crippen LogP contribution in [0.3, 0.4) is 0 Å². The number of anilines is 1. The van der Waals surface area contributed by atoms with Crippen LogP contribution in [0.2, 0.25) is 5.02 Å². The molecule has 6 heterocycles. The van der Waals surface area contributed by atoms with E-state index >= 15 is 0 Å². The molecule has 2 aromatic carbocycles. The van der Waals surface area contributed by atoms with Crippen LogP contribution in [0.5, 0.6) is 0 Å². The SMILES string of the molecule is Nc1c(Cl)cc(CC(OC(=O)N2CCC(n3nc(-c4ccccc4)[nH]c3=O)CC2)C(=O)N2CCN(C3CN4CCC3CC4)CC2)cc1C(F)(F)F. The van der Waals surface area contributed by atoms with Crippen LogP contribution in [0.1, 0.15) is 42.9 Å². The highest BCUT2D eigenvalue weighted by molar-refractivity contribution is 6.33. The van der Waals surface area contributed by atoms with E-state index in [-0.39, 0.29) is 41.8 Å². The van der Waals surface area contributed by atoms with Gasteiger partial charge in [0.25, 0.3) is 5.91 Å². The Labute approximate surface area is 298 Å². The van der Waals surface area contributed by atoms with Crippen LogP contribution in [0.15, 0.2) is 47.3 Å². The van der Waals surface area contributed by atoms with Gasteiger partial charge in [0.05, 0.1) is 22.3 Å². The van der Waals surface area contributed by atoms with E-state index in [9.17, 15) is 27.6 Å². The third kappa shape index (κ3) is 7.61. The number of hydrogen-bond donors (Lipinski definition) is 2. The van der Waals surface area contributed by atoms with E-state index in [0.717, 1.165) is 31.3 Å². The lowest BCUT2D eigenvalue weighted by Gasteiger charge is -2.51. The number of piperazine rings is 1. The molecule has 16 heteroatoms. The summed E-state index contributed by atoms with van der Waals surface area (Å²) in [7, 11) is 0. The third-order valence-corrected chi connectivity index (χ3v) is 11.2. The molecule has 5 fully saturated rings. The second-order valence-corrected chi connectivity index (χ2v) is 14.4. The van der Waals surface area contributed by atoms with Gasteiger partial charge in [0, 0.05) is 63.8 Å². The normalized spacial score (nSPS) is 23.7. The second kappa shape index (κ2) is 14.5. The monoisotopic (exact) mass is 730 g/mol. The summed E-state index contributed by atoms with van der Waals surface area (Å²) in [5.41, 5.74) is 4.44. The summed E-state index contributed by atoms with van der Waals surface area (Å²) in [6.07, 6.45) is -4.04. The van der Waals surface area contributed by atoms with Crippen molar-refractivity contribution in [3.05, 3.63) is 69.1 Å². The number of amides is 2. The third-order valence-electron chi connectivity index (χ3n) is 10.9. The molecule has 51 heavy (non-hydrogen) atoms. The first kappa shape index (κ1) is 35.3. The Morgan fingerprint density at radius 2 is 1.65 bits per heavy atom. The number of nitrogens with two attached hydrogens (primary N) is 1. The molecule has 3 N–H and O–H groups in total. The number of hydrogen-bond acceptors (Lipinski definition) is 8. The molecule has 8 rings (SSSR count). The zero-order valence-corrected chi connectivity index (χ0v) is 28.9. The number of nitrogens with one attached hydrogen (secondary N) is 1. The molecule has 5 aliphatic rings. The lowest BCUT2D eigenvalue weighted by atomic mass is 9.83. The number of aromatic amines is 1. The van der Waals surface area contributed by atoms with Crippen molar-refractivity contribution in [1.29, 1.82) is 0 Å². The van der Waals surface area contributed by atoms with Crippen molar-refractivity contribution in [3.63, 3.8) is 0 Å². The number of H-pyrrole nitrogens is 1. The van der Waals surface area contributed by atoms with E-state index in [2.05, 4.69) is 19.9 Å². The Hall–Kier alpha value is -4.08. The fourth-order valence-corrected chi connectivity index (χ4v) is 8.29. The maximum absolute atomic E-state index is 14.0. The molecule has 12 nitrogen and oxygen atoms in total. The first-order valence-corrected chi connectivity index (χ1v) is 17.9. The topological polar surface area (TPSA) is 133 Å². The van der Waals surface area contributed by atoms with Gasteiger partial charge in [-0.2, -0.15) is 13.2 Å². The summed E-state index contributed by atoms with van der Waals surface area (Å²) in [5, 5.41) is 4.19. The highest BCUT2D eigenvalue weighted by Gasteiger charge is 2.41. The summed E-state index contributed by atoms with van der Waals surface area (Å²) in [5.74, 6) is 0.625. The predicted octanol–water partition coefficient (Wildman–Crippen LogP) is 4.12. The minimum absolute atomic E-state index is 0.0735. The van der Waals surface area contributed by atoms with Gasteiger partial charge in [-0.05, 0) is 62.4 Å². The molecule has 274 valence electrons. The van der Waals surface area contributed by atoms with Gasteiger partial charge in [0.15, 0.2) is 11.9 Å². The van der Waals surface area contributed by atoms with E-state index in [1.807, 2.05) is 30.3 Å². The number of carbonyl (C=O) groups is 2. The summed E-state index contributed by atoms with van der Waals surface area (Å²) < 4.78 is 48.7. The number of fused-ring (bicyclic) bond motifs is 3. The molecule has 3 aromatic rings. The molecule has 0 saturated carbocycles. The average molecular weight is 731 g/mol.